The lowest BCUT2D eigenvalue weighted by Gasteiger charge is -2.22. The molecule has 1 fully saturated rings. The van der Waals surface area contributed by atoms with E-state index >= 15 is 0 Å². The number of para-hydroxylation sites is 1. The number of aliphatic hydroxyl groups is 1. The monoisotopic (exact) mass is 287 g/mol. The molecule has 1 aliphatic rings. The Kier molecular flexibility index (Phi) is 3.47. The number of hydrogen-bond donors (Lipinski definition) is 3. The van der Waals surface area contributed by atoms with Crippen LogP contribution in [0.5, 0.6) is 0 Å². The highest BCUT2D eigenvalue weighted by molar-refractivity contribution is 5.86. The predicted molar refractivity (Wildman–Crippen MR) is 81.8 cm³/mol. The van der Waals surface area contributed by atoms with Crippen LogP contribution in [0, 0.1) is 0 Å². The van der Waals surface area contributed by atoms with Gasteiger partial charge in [-0.1, -0.05) is 18.2 Å². The maximum atomic E-state index is 12.4. The van der Waals surface area contributed by atoms with Gasteiger partial charge in [0.2, 0.25) is 5.91 Å². The first kappa shape index (κ1) is 14.1. The van der Waals surface area contributed by atoms with Gasteiger partial charge in [0.1, 0.15) is 0 Å². The van der Waals surface area contributed by atoms with Crippen molar-refractivity contribution in [1.82, 2.24) is 9.88 Å². The molecule has 0 bridgehead atoms. The summed E-state index contributed by atoms with van der Waals surface area (Å²) in [5, 5.41) is 11.1. The lowest BCUT2D eigenvalue weighted by molar-refractivity contribution is -0.132. The van der Waals surface area contributed by atoms with Gasteiger partial charge in [-0.2, -0.15) is 0 Å². The lowest BCUT2D eigenvalue weighted by atomic mass is 10.0. The van der Waals surface area contributed by atoms with Crippen molar-refractivity contribution in [3.8, 4) is 0 Å². The Morgan fingerprint density at radius 3 is 3.00 bits per heavy atom. The molecular formula is C16H21N3O2. The summed E-state index contributed by atoms with van der Waals surface area (Å²) in [6.45, 7) is 2.70. The molecule has 0 aliphatic carbocycles. The number of fused-ring (bicyclic) bond motifs is 1. The molecule has 0 spiro atoms. The number of β-amino-alcohol motifs (C(OH)–C–C–N with tert-alkyl or cyclic N) is 1. The van der Waals surface area contributed by atoms with E-state index in [2.05, 4.69) is 4.98 Å². The standard InChI is InChI=1S/C16H21N3O2/c1-16(21)6-7-19(10-16)15(20)13(17)8-11-9-18-14-5-3-2-4-12(11)14/h2-5,9,13,18,21H,6-8,10,17H2,1H3/t13-,16?/m0/s1. The molecule has 5 heteroatoms. The third-order valence-electron chi connectivity index (χ3n) is 4.20. The van der Waals surface area contributed by atoms with Gasteiger partial charge in [0, 0.05) is 30.2 Å². The van der Waals surface area contributed by atoms with Gasteiger partial charge >= 0.3 is 0 Å². The van der Waals surface area contributed by atoms with Crippen LogP contribution in [0.3, 0.4) is 0 Å². The molecule has 1 aliphatic heterocycles. The SMILES string of the molecule is CC1(O)CCN(C(=O)[C@@H](N)Cc2c[nH]c3ccccc23)C1. The average Bonchev–Trinajstić information content (AvgIpc) is 3.02. The summed E-state index contributed by atoms with van der Waals surface area (Å²) in [5.41, 5.74) is 7.40. The third kappa shape index (κ3) is 2.80. The van der Waals surface area contributed by atoms with Crippen molar-refractivity contribution >= 4 is 16.8 Å². The molecule has 4 N–H and O–H groups in total. The Morgan fingerprint density at radius 1 is 1.52 bits per heavy atom. The number of aromatic nitrogens is 1. The van der Waals surface area contributed by atoms with E-state index in [9.17, 15) is 9.90 Å². The van der Waals surface area contributed by atoms with Crippen molar-refractivity contribution in [1.29, 1.82) is 0 Å². The predicted octanol–water partition coefficient (Wildman–Crippen LogP) is 1.02. The van der Waals surface area contributed by atoms with E-state index in [-0.39, 0.29) is 5.91 Å². The number of nitrogens with two attached hydrogens (primary N) is 1. The minimum absolute atomic E-state index is 0.0851. The summed E-state index contributed by atoms with van der Waals surface area (Å²) in [4.78, 5) is 17.2. The van der Waals surface area contributed by atoms with Gasteiger partial charge < -0.3 is 20.7 Å². The highest BCUT2D eigenvalue weighted by Gasteiger charge is 2.35. The molecule has 2 atom stereocenters. The molecule has 21 heavy (non-hydrogen) atoms. The first-order valence-corrected chi connectivity index (χ1v) is 7.28. The van der Waals surface area contributed by atoms with Crippen molar-refractivity contribution in [3.05, 3.63) is 36.0 Å². The molecule has 1 aromatic carbocycles. The summed E-state index contributed by atoms with van der Waals surface area (Å²) in [6, 6.07) is 7.41. The van der Waals surface area contributed by atoms with Gasteiger partial charge in [0.05, 0.1) is 11.6 Å². The number of nitrogens with zero attached hydrogens (tertiary/aromatic N) is 1. The topological polar surface area (TPSA) is 82.3 Å². The first-order chi connectivity index (χ1) is 9.96. The van der Waals surface area contributed by atoms with Crippen molar-refractivity contribution in [2.24, 2.45) is 5.73 Å². The fourth-order valence-corrected chi connectivity index (χ4v) is 2.99. The lowest BCUT2D eigenvalue weighted by Crippen LogP contribution is -2.45. The van der Waals surface area contributed by atoms with Gasteiger partial charge in [-0.3, -0.25) is 4.79 Å². The molecule has 2 aromatic rings. The summed E-state index contributed by atoms with van der Waals surface area (Å²) in [5.74, 6) is -0.0851. The average molecular weight is 287 g/mol. The quantitative estimate of drug-likeness (QED) is 0.788. The Bertz CT molecular complexity index is 662. The van der Waals surface area contributed by atoms with Crippen LogP contribution in [-0.2, 0) is 11.2 Å². The summed E-state index contributed by atoms with van der Waals surface area (Å²) in [6.07, 6.45) is 3.03. The van der Waals surface area contributed by atoms with Crippen molar-refractivity contribution in [3.63, 3.8) is 0 Å². The normalized spacial score (nSPS) is 23.7. The van der Waals surface area contributed by atoms with Gasteiger partial charge in [0.15, 0.2) is 0 Å². The maximum Gasteiger partial charge on any atom is 0.239 e. The van der Waals surface area contributed by atoms with Crippen LogP contribution in [0.2, 0.25) is 0 Å². The van der Waals surface area contributed by atoms with Crippen LogP contribution in [0.4, 0.5) is 0 Å². The zero-order valence-electron chi connectivity index (χ0n) is 12.2. The number of aromatic amines is 1. The van der Waals surface area contributed by atoms with Crippen molar-refractivity contribution < 1.29 is 9.90 Å². The molecule has 2 heterocycles. The van der Waals surface area contributed by atoms with Gasteiger partial charge in [-0.25, -0.2) is 0 Å². The molecule has 1 saturated heterocycles. The first-order valence-electron chi connectivity index (χ1n) is 7.28. The minimum atomic E-state index is -0.782. The maximum absolute atomic E-state index is 12.4. The molecule has 3 rings (SSSR count). The molecule has 0 radical (unpaired) electrons. The van der Waals surface area contributed by atoms with Crippen molar-refractivity contribution in [2.45, 2.75) is 31.4 Å². The molecule has 0 saturated carbocycles. The fourth-order valence-electron chi connectivity index (χ4n) is 2.99. The number of carbonyl (C=O) groups excluding carboxylic acids is 1. The van der Waals surface area contributed by atoms with E-state index in [0.29, 0.717) is 25.9 Å². The Labute approximate surface area is 123 Å². The third-order valence-corrected chi connectivity index (χ3v) is 4.20. The number of hydrogen-bond acceptors (Lipinski definition) is 3. The summed E-state index contributed by atoms with van der Waals surface area (Å²) < 4.78 is 0. The molecule has 1 amide bonds. The smallest absolute Gasteiger partial charge is 0.239 e. The number of rotatable bonds is 3. The molecule has 1 unspecified atom stereocenters. The fraction of sp³-hybridized carbons (Fsp3) is 0.438. The number of H-pyrrole nitrogens is 1. The van der Waals surface area contributed by atoms with E-state index in [1.165, 1.54) is 0 Å². The van der Waals surface area contributed by atoms with Gasteiger partial charge in [0.25, 0.3) is 0 Å². The number of likely N-dealkylation sites (tertiary alicyclic amines) is 1. The van der Waals surface area contributed by atoms with Crippen LogP contribution < -0.4 is 5.73 Å². The molecular weight excluding hydrogens is 266 g/mol. The second-order valence-electron chi connectivity index (χ2n) is 6.18. The Hall–Kier alpha value is -1.85. The van der Waals surface area contributed by atoms with E-state index in [0.717, 1.165) is 16.5 Å². The van der Waals surface area contributed by atoms with E-state index in [1.54, 1.807) is 11.8 Å². The van der Waals surface area contributed by atoms with E-state index in [1.807, 2.05) is 30.5 Å². The minimum Gasteiger partial charge on any atom is -0.388 e. The number of carbonyl (C=O) groups is 1. The summed E-state index contributed by atoms with van der Waals surface area (Å²) >= 11 is 0. The zero-order chi connectivity index (χ0) is 15.0. The molecule has 5 nitrogen and oxygen atoms in total. The second kappa shape index (κ2) is 5.16. The second-order valence-corrected chi connectivity index (χ2v) is 6.18. The molecule has 1 aromatic heterocycles. The van der Waals surface area contributed by atoms with Crippen LogP contribution >= 0.6 is 0 Å². The van der Waals surface area contributed by atoms with Gasteiger partial charge in [-0.05, 0) is 31.4 Å². The van der Waals surface area contributed by atoms with Crippen LogP contribution in [-0.4, -0.2) is 45.6 Å². The zero-order valence-corrected chi connectivity index (χ0v) is 12.2. The summed E-state index contributed by atoms with van der Waals surface area (Å²) in [7, 11) is 0. The van der Waals surface area contributed by atoms with Crippen LogP contribution in [0.1, 0.15) is 18.9 Å². The van der Waals surface area contributed by atoms with Crippen molar-refractivity contribution in [2.75, 3.05) is 13.1 Å². The van der Waals surface area contributed by atoms with E-state index < -0.39 is 11.6 Å². The largest absolute Gasteiger partial charge is 0.388 e. The molecule has 112 valence electrons. The number of benzene rings is 1. The number of amides is 1. The highest BCUT2D eigenvalue weighted by atomic mass is 16.3. The Balaban J connectivity index is 1.71. The highest BCUT2D eigenvalue weighted by Crippen LogP contribution is 2.22. The van der Waals surface area contributed by atoms with E-state index in [4.69, 9.17) is 5.73 Å². The van der Waals surface area contributed by atoms with Crippen LogP contribution in [0.25, 0.3) is 10.9 Å². The van der Waals surface area contributed by atoms with Gasteiger partial charge in [-0.15, -0.1) is 0 Å². The number of nitrogens with one attached hydrogen (secondary N) is 1. The van der Waals surface area contributed by atoms with Crippen LogP contribution in [0.15, 0.2) is 30.5 Å². The Morgan fingerprint density at radius 2 is 2.29 bits per heavy atom.